The molecule has 0 radical (unpaired) electrons. The quantitative estimate of drug-likeness (QED) is 0.432. The summed E-state index contributed by atoms with van der Waals surface area (Å²) in [6, 6.07) is 14.5. The second-order valence-electron chi connectivity index (χ2n) is 4.37. The van der Waals surface area contributed by atoms with Crippen LogP contribution in [0.5, 0.6) is 0 Å². The van der Waals surface area contributed by atoms with Gasteiger partial charge in [0, 0.05) is 6.07 Å². The van der Waals surface area contributed by atoms with Gasteiger partial charge in [-0.2, -0.15) is 0 Å². The van der Waals surface area contributed by atoms with Gasteiger partial charge in [-0.3, -0.25) is 10.1 Å². The first-order chi connectivity index (χ1) is 9.22. The summed E-state index contributed by atoms with van der Waals surface area (Å²) in [6.07, 6.45) is 0. The summed E-state index contributed by atoms with van der Waals surface area (Å²) in [6.45, 7) is -0.220. The second-order valence-corrected chi connectivity index (χ2v) is 4.37. The van der Waals surface area contributed by atoms with Crippen LogP contribution in [0.25, 0.3) is 21.5 Å². The number of nitro benzene ring substituents is 1. The van der Waals surface area contributed by atoms with Crippen molar-refractivity contribution in [2.45, 2.75) is 6.61 Å². The number of nitrogens with zero attached hydrogens (tertiary/aromatic N) is 1. The van der Waals surface area contributed by atoms with Gasteiger partial charge in [-0.1, -0.05) is 36.4 Å². The maximum Gasteiger partial charge on any atom is 0.277 e. The summed E-state index contributed by atoms with van der Waals surface area (Å²) in [4.78, 5) is 10.7. The first-order valence-electron chi connectivity index (χ1n) is 5.91. The number of fused-ring (bicyclic) bond motifs is 2. The van der Waals surface area contributed by atoms with E-state index in [1.165, 1.54) is 6.07 Å². The van der Waals surface area contributed by atoms with Gasteiger partial charge in [0.1, 0.15) is 0 Å². The lowest BCUT2D eigenvalue weighted by Gasteiger charge is -2.09. The maximum absolute atomic E-state index is 11.1. The fourth-order valence-electron chi connectivity index (χ4n) is 2.52. The van der Waals surface area contributed by atoms with Crippen molar-refractivity contribution in [2.75, 3.05) is 0 Å². The Balaban J connectivity index is 2.57. The smallest absolute Gasteiger partial charge is 0.277 e. The average Bonchev–Trinajstić information content (AvgIpc) is 2.43. The van der Waals surface area contributed by atoms with Gasteiger partial charge in [-0.05, 0) is 27.8 Å². The molecular formula is C15H11NO3. The highest BCUT2D eigenvalue weighted by Crippen LogP contribution is 2.34. The number of rotatable bonds is 2. The zero-order valence-electron chi connectivity index (χ0n) is 10.0. The van der Waals surface area contributed by atoms with Crippen molar-refractivity contribution in [3.05, 3.63) is 64.2 Å². The molecule has 3 aromatic rings. The molecule has 0 amide bonds. The molecule has 0 atom stereocenters. The monoisotopic (exact) mass is 253 g/mol. The summed E-state index contributed by atoms with van der Waals surface area (Å²) >= 11 is 0. The fraction of sp³-hybridized carbons (Fsp3) is 0.0667. The molecule has 19 heavy (non-hydrogen) atoms. The molecule has 0 aliphatic carbocycles. The van der Waals surface area contributed by atoms with E-state index in [9.17, 15) is 15.2 Å². The molecule has 0 aliphatic rings. The van der Waals surface area contributed by atoms with Gasteiger partial charge in [-0.15, -0.1) is 0 Å². The van der Waals surface area contributed by atoms with Gasteiger partial charge in [0.05, 0.1) is 16.9 Å². The summed E-state index contributed by atoms with van der Waals surface area (Å²) in [7, 11) is 0. The number of aliphatic hydroxyl groups is 1. The SMILES string of the molecule is O=[N+]([O-])c1cccc2cc3ccccc3c(CO)c12. The van der Waals surface area contributed by atoms with Crippen LogP contribution in [0.1, 0.15) is 5.56 Å². The van der Waals surface area contributed by atoms with E-state index in [4.69, 9.17) is 0 Å². The second kappa shape index (κ2) is 4.33. The van der Waals surface area contributed by atoms with Crippen LogP contribution in [0.3, 0.4) is 0 Å². The molecule has 0 aromatic heterocycles. The third kappa shape index (κ3) is 1.73. The van der Waals surface area contributed by atoms with E-state index in [1.807, 2.05) is 36.4 Å². The number of aliphatic hydroxyl groups excluding tert-OH is 1. The van der Waals surface area contributed by atoms with E-state index in [2.05, 4.69) is 0 Å². The molecule has 0 saturated heterocycles. The number of nitro groups is 1. The van der Waals surface area contributed by atoms with Crippen LogP contribution >= 0.6 is 0 Å². The molecule has 0 spiro atoms. The van der Waals surface area contributed by atoms with Crippen molar-refractivity contribution in [3.63, 3.8) is 0 Å². The van der Waals surface area contributed by atoms with Crippen LogP contribution in [0.2, 0.25) is 0 Å². The topological polar surface area (TPSA) is 63.4 Å². The van der Waals surface area contributed by atoms with E-state index in [0.717, 1.165) is 16.2 Å². The molecule has 0 unspecified atom stereocenters. The minimum Gasteiger partial charge on any atom is -0.392 e. The lowest BCUT2D eigenvalue weighted by Crippen LogP contribution is -1.95. The number of non-ortho nitro benzene ring substituents is 1. The van der Waals surface area contributed by atoms with Crippen molar-refractivity contribution in [1.82, 2.24) is 0 Å². The summed E-state index contributed by atoms with van der Waals surface area (Å²) in [5.41, 5.74) is 0.646. The lowest BCUT2D eigenvalue weighted by atomic mass is 9.96. The number of hydrogen-bond acceptors (Lipinski definition) is 3. The predicted molar refractivity (Wildman–Crippen MR) is 74.0 cm³/mol. The normalized spacial score (nSPS) is 11.0. The number of hydrogen-bond donors (Lipinski definition) is 1. The largest absolute Gasteiger partial charge is 0.392 e. The third-order valence-electron chi connectivity index (χ3n) is 3.33. The molecule has 3 rings (SSSR count). The molecule has 0 saturated carbocycles. The molecule has 94 valence electrons. The molecule has 4 heteroatoms. The van der Waals surface area contributed by atoms with E-state index in [-0.39, 0.29) is 12.3 Å². The van der Waals surface area contributed by atoms with Gasteiger partial charge in [0.2, 0.25) is 0 Å². The molecule has 0 fully saturated rings. The van der Waals surface area contributed by atoms with Gasteiger partial charge in [0.25, 0.3) is 5.69 Å². The van der Waals surface area contributed by atoms with Crippen LogP contribution in [0, 0.1) is 10.1 Å². The minimum absolute atomic E-state index is 0.0345. The zero-order chi connectivity index (χ0) is 13.4. The van der Waals surface area contributed by atoms with Crippen molar-refractivity contribution in [3.8, 4) is 0 Å². The van der Waals surface area contributed by atoms with Crippen molar-refractivity contribution in [1.29, 1.82) is 0 Å². The maximum atomic E-state index is 11.1. The molecule has 4 nitrogen and oxygen atoms in total. The summed E-state index contributed by atoms with van der Waals surface area (Å²) < 4.78 is 0. The zero-order valence-corrected chi connectivity index (χ0v) is 10.0. The van der Waals surface area contributed by atoms with Crippen LogP contribution in [0.4, 0.5) is 5.69 Å². The molecule has 3 aromatic carbocycles. The first-order valence-corrected chi connectivity index (χ1v) is 5.91. The van der Waals surface area contributed by atoms with Crippen LogP contribution < -0.4 is 0 Å². The molecule has 0 heterocycles. The summed E-state index contributed by atoms with van der Waals surface area (Å²) in [5, 5.41) is 23.9. The van der Waals surface area contributed by atoms with Crippen LogP contribution in [0.15, 0.2) is 48.5 Å². The van der Waals surface area contributed by atoms with Crippen LogP contribution in [-0.4, -0.2) is 10.0 Å². The average molecular weight is 253 g/mol. The Kier molecular flexibility index (Phi) is 2.65. The summed E-state index contributed by atoms with van der Waals surface area (Å²) in [5.74, 6) is 0. The van der Waals surface area contributed by atoms with Gasteiger partial charge >= 0.3 is 0 Å². The number of benzene rings is 3. The van der Waals surface area contributed by atoms with Crippen molar-refractivity contribution < 1.29 is 10.0 Å². The minimum atomic E-state index is -0.406. The van der Waals surface area contributed by atoms with Gasteiger partial charge in [0.15, 0.2) is 0 Å². The van der Waals surface area contributed by atoms with E-state index >= 15 is 0 Å². The lowest BCUT2D eigenvalue weighted by molar-refractivity contribution is -0.383. The van der Waals surface area contributed by atoms with E-state index in [0.29, 0.717) is 10.9 Å². The Morgan fingerprint density at radius 1 is 1.05 bits per heavy atom. The van der Waals surface area contributed by atoms with Crippen LogP contribution in [-0.2, 0) is 6.61 Å². The van der Waals surface area contributed by atoms with Gasteiger partial charge in [-0.25, -0.2) is 0 Å². The Hall–Kier alpha value is -2.46. The van der Waals surface area contributed by atoms with Crippen molar-refractivity contribution >= 4 is 27.2 Å². The standard InChI is InChI=1S/C15H11NO3/c17-9-13-12-6-2-1-4-10(12)8-11-5-3-7-14(15(11)13)16(18)19/h1-8,17H,9H2. The molecule has 0 aliphatic heterocycles. The fourth-order valence-corrected chi connectivity index (χ4v) is 2.52. The van der Waals surface area contributed by atoms with E-state index in [1.54, 1.807) is 6.07 Å². The Morgan fingerprint density at radius 2 is 1.79 bits per heavy atom. The Labute approximate surface area is 109 Å². The molecular weight excluding hydrogens is 242 g/mol. The Morgan fingerprint density at radius 3 is 2.53 bits per heavy atom. The third-order valence-corrected chi connectivity index (χ3v) is 3.33. The molecule has 1 N–H and O–H groups in total. The van der Waals surface area contributed by atoms with E-state index < -0.39 is 4.92 Å². The highest BCUT2D eigenvalue weighted by atomic mass is 16.6. The predicted octanol–water partition coefficient (Wildman–Crippen LogP) is 3.39. The highest BCUT2D eigenvalue weighted by Gasteiger charge is 2.16. The van der Waals surface area contributed by atoms with Crippen molar-refractivity contribution in [2.24, 2.45) is 0 Å². The highest BCUT2D eigenvalue weighted by molar-refractivity contribution is 6.05. The molecule has 0 bridgehead atoms. The first kappa shape index (κ1) is 11.6. The van der Waals surface area contributed by atoms with Gasteiger partial charge < -0.3 is 5.11 Å². The Bertz CT molecular complexity index is 796.